The highest BCUT2D eigenvalue weighted by molar-refractivity contribution is 7.10. The molecule has 1 atom stereocenters. The predicted molar refractivity (Wildman–Crippen MR) is 82.3 cm³/mol. The molecule has 2 aromatic heterocycles. The van der Waals surface area contributed by atoms with E-state index in [9.17, 15) is 14.4 Å². The third-order valence-electron chi connectivity index (χ3n) is 3.52. The number of carboxylic acids is 1. The maximum Gasteiger partial charge on any atom is 0.354 e. The molecule has 1 aliphatic heterocycles. The van der Waals surface area contributed by atoms with Gasteiger partial charge in [-0.05, 0) is 23.6 Å². The maximum atomic E-state index is 12.7. The molecule has 0 unspecified atom stereocenters. The van der Waals surface area contributed by atoms with Crippen LogP contribution in [0.4, 0.5) is 0 Å². The summed E-state index contributed by atoms with van der Waals surface area (Å²) in [6.45, 7) is 0.765. The highest BCUT2D eigenvalue weighted by Crippen LogP contribution is 2.28. The van der Waals surface area contributed by atoms with E-state index in [-0.39, 0.29) is 23.1 Å². The quantitative estimate of drug-likeness (QED) is 0.879. The van der Waals surface area contributed by atoms with Crippen LogP contribution in [-0.4, -0.2) is 45.9 Å². The van der Waals surface area contributed by atoms with Crippen LogP contribution < -0.4 is 5.32 Å². The van der Waals surface area contributed by atoms with Crippen LogP contribution in [0.2, 0.25) is 0 Å². The first-order chi connectivity index (χ1) is 11.1. The van der Waals surface area contributed by atoms with Crippen molar-refractivity contribution in [2.75, 3.05) is 13.1 Å². The van der Waals surface area contributed by atoms with Gasteiger partial charge < -0.3 is 15.3 Å². The Labute approximate surface area is 135 Å². The number of aromatic nitrogens is 1. The topological polar surface area (TPSA) is 99.6 Å². The van der Waals surface area contributed by atoms with Crippen LogP contribution in [0, 0.1) is 0 Å². The van der Waals surface area contributed by atoms with E-state index in [0.29, 0.717) is 13.1 Å². The van der Waals surface area contributed by atoms with E-state index in [1.807, 2.05) is 17.5 Å². The van der Waals surface area contributed by atoms with Crippen LogP contribution in [0.5, 0.6) is 0 Å². The second kappa shape index (κ2) is 6.17. The van der Waals surface area contributed by atoms with Gasteiger partial charge in [0.05, 0.1) is 5.56 Å². The fraction of sp³-hybridized carbons (Fsp3) is 0.200. The van der Waals surface area contributed by atoms with E-state index in [1.54, 1.807) is 0 Å². The van der Waals surface area contributed by atoms with Crippen molar-refractivity contribution in [3.8, 4) is 0 Å². The van der Waals surface area contributed by atoms with Crippen molar-refractivity contribution < 1.29 is 19.5 Å². The Kier molecular flexibility index (Phi) is 4.07. The number of thiophene rings is 1. The van der Waals surface area contributed by atoms with Gasteiger partial charge in [0.1, 0.15) is 11.7 Å². The first-order valence-corrected chi connectivity index (χ1v) is 7.77. The summed E-state index contributed by atoms with van der Waals surface area (Å²) in [6, 6.07) is 5.66. The van der Waals surface area contributed by atoms with Gasteiger partial charge in [0.25, 0.3) is 5.91 Å². The minimum absolute atomic E-state index is 0.132. The lowest BCUT2D eigenvalue weighted by atomic mass is 10.1. The van der Waals surface area contributed by atoms with Crippen molar-refractivity contribution in [3.63, 3.8) is 0 Å². The molecule has 0 radical (unpaired) electrons. The predicted octanol–water partition coefficient (Wildman–Crippen LogP) is 1.15. The molecule has 23 heavy (non-hydrogen) atoms. The fourth-order valence-corrected chi connectivity index (χ4v) is 3.26. The Morgan fingerprint density at radius 1 is 1.35 bits per heavy atom. The number of carbonyl (C=O) groups is 3. The molecule has 8 heteroatoms. The summed E-state index contributed by atoms with van der Waals surface area (Å²) in [5.74, 6) is -1.72. The van der Waals surface area contributed by atoms with E-state index in [0.717, 1.165) is 4.88 Å². The first-order valence-electron chi connectivity index (χ1n) is 6.89. The van der Waals surface area contributed by atoms with Gasteiger partial charge in [-0.15, -0.1) is 11.3 Å². The lowest BCUT2D eigenvalue weighted by Gasteiger charge is -2.34. The van der Waals surface area contributed by atoms with Gasteiger partial charge in [0.15, 0.2) is 0 Å². The number of amides is 2. The minimum atomic E-state index is -1.15. The summed E-state index contributed by atoms with van der Waals surface area (Å²) in [5.41, 5.74) is 0.124. The molecule has 2 aromatic rings. The molecule has 0 spiro atoms. The molecule has 1 fully saturated rings. The second-order valence-corrected chi connectivity index (χ2v) is 5.92. The van der Waals surface area contributed by atoms with Crippen LogP contribution in [0.3, 0.4) is 0 Å². The molecule has 2 amide bonds. The van der Waals surface area contributed by atoms with Gasteiger partial charge >= 0.3 is 5.97 Å². The Morgan fingerprint density at radius 2 is 2.17 bits per heavy atom. The molecule has 0 bridgehead atoms. The molecule has 1 saturated heterocycles. The Bertz CT molecular complexity index is 743. The maximum absolute atomic E-state index is 12.7. The zero-order valence-electron chi connectivity index (χ0n) is 11.9. The first kappa shape index (κ1) is 15.2. The molecule has 0 aromatic carbocycles. The third kappa shape index (κ3) is 2.93. The molecule has 1 aliphatic rings. The largest absolute Gasteiger partial charge is 0.477 e. The summed E-state index contributed by atoms with van der Waals surface area (Å²) >= 11 is 1.41. The van der Waals surface area contributed by atoms with Crippen LogP contribution in [0.15, 0.2) is 35.8 Å². The number of hydrogen-bond donors (Lipinski definition) is 2. The smallest absolute Gasteiger partial charge is 0.354 e. The van der Waals surface area contributed by atoms with Crippen molar-refractivity contribution in [3.05, 3.63) is 52.0 Å². The van der Waals surface area contributed by atoms with E-state index >= 15 is 0 Å². The van der Waals surface area contributed by atoms with E-state index in [2.05, 4.69) is 10.3 Å². The SMILES string of the molecule is O=C(O)c1ccc(C(=O)N2CCNC(=O)[C@@H]2c2cccs2)cn1. The number of piperazine rings is 1. The van der Waals surface area contributed by atoms with Gasteiger partial charge in [-0.3, -0.25) is 9.59 Å². The highest BCUT2D eigenvalue weighted by Gasteiger charge is 2.35. The number of carboxylic acid groups (broad SMARTS) is 1. The summed E-state index contributed by atoms with van der Waals surface area (Å²) in [6.07, 6.45) is 1.23. The zero-order valence-corrected chi connectivity index (χ0v) is 12.7. The van der Waals surface area contributed by atoms with Crippen molar-refractivity contribution in [1.29, 1.82) is 0 Å². The molecule has 7 nitrogen and oxygen atoms in total. The molecule has 3 heterocycles. The lowest BCUT2D eigenvalue weighted by Crippen LogP contribution is -2.52. The average molecular weight is 331 g/mol. The lowest BCUT2D eigenvalue weighted by molar-refractivity contribution is -0.127. The molecular weight excluding hydrogens is 318 g/mol. The summed E-state index contributed by atoms with van der Waals surface area (Å²) in [5, 5.41) is 13.5. The van der Waals surface area contributed by atoms with Crippen LogP contribution >= 0.6 is 11.3 Å². The minimum Gasteiger partial charge on any atom is -0.477 e. The van der Waals surface area contributed by atoms with Crippen LogP contribution in [0.25, 0.3) is 0 Å². The molecule has 2 N–H and O–H groups in total. The van der Waals surface area contributed by atoms with Gasteiger partial charge in [-0.1, -0.05) is 6.07 Å². The normalized spacial score (nSPS) is 17.7. The highest BCUT2D eigenvalue weighted by atomic mass is 32.1. The van der Waals surface area contributed by atoms with Gasteiger partial charge in [0, 0.05) is 24.2 Å². The van der Waals surface area contributed by atoms with Gasteiger partial charge in [-0.2, -0.15) is 0 Å². The number of nitrogens with zero attached hydrogens (tertiary/aromatic N) is 2. The second-order valence-electron chi connectivity index (χ2n) is 4.94. The summed E-state index contributed by atoms with van der Waals surface area (Å²) < 4.78 is 0. The standard InChI is InChI=1S/C15H13N3O4S/c19-13-12(11-2-1-7-23-11)18(6-5-16-13)14(20)9-3-4-10(15(21)22)17-8-9/h1-4,7-8,12H,5-6H2,(H,16,19)(H,21,22)/t12-/m0/s1. The zero-order chi connectivity index (χ0) is 16.4. The number of nitrogens with one attached hydrogen (secondary N) is 1. The van der Waals surface area contributed by atoms with Gasteiger partial charge in [0.2, 0.25) is 5.91 Å². The molecule has 3 rings (SSSR count). The van der Waals surface area contributed by atoms with E-state index in [1.165, 1.54) is 34.6 Å². The van der Waals surface area contributed by atoms with Crippen molar-refractivity contribution in [2.45, 2.75) is 6.04 Å². The number of hydrogen-bond acceptors (Lipinski definition) is 5. The molecule has 0 saturated carbocycles. The molecular formula is C15H13N3O4S. The van der Waals surface area contributed by atoms with E-state index < -0.39 is 12.0 Å². The van der Waals surface area contributed by atoms with Crippen LogP contribution in [0.1, 0.15) is 31.8 Å². The molecule has 118 valence electrons. The fourth-order valence-electron chi connectivity index (χ4n) is 2.43. The van der Waals surface area contributed by atoms with E-state index in [4.69, 9.17) is 5.11 Å². The Morgan fingerprint density at radius 3 is 2.78 bits per heavy atom. The summed E-state index contributed by atoms with van der Waals surface area (Å²) in [7, 11) is 0. The summed E-state index contributed by atoms with van der Waals surface area (Å²) in [4.78, 5) is 41.7. The van der Waals surface area contributed by atoms with Crippen molar-refractivity contribution >= 4 is 29.1 Å². The number of rotatable bonds is 3. The number of aromatic carboxylic acids is 1. The average Bonchev–Trinajstić information content (AvgIpc) is 3.08. The Hall–Kier alpha value is -2.74. The monoisotopic (exact) mass is 331 g/mol. The molecule has 0 aliphatic carbocycles. The van der Waals surface area contributed by atoms with Crippen molar-refractivity contribution in [2.24, 2.45) is 0 Å². The van der Waals surface area contributed by atoms with Crippen molar-refractivity contribution in [1.82, 2.24) is 15.2 Å². The Balaban J connectivity index is 1.89. The number of pyridine rings is 1. The number of carbonyl (C=O) groups excluding carboxylic acids is 2. The van der Waals surface area contributed by atoms with Crippen LogP contribution in [-0.2, 0) is 4.79 Å². The van der Waals surface area contributed by atoms with Gasteiger partial charge in [-0.25, -0.2) is 9.78 Å². The third-order valence-corrected chi connectivity index (χ3v) is 4.44.